The molecule has 17 heavy (non-hydrogen) atoms. The monoisotopic (exact) mass is 239 g/mol. The molecule has 3 heteroatoms. The van der Waals surface area contributed by atoms with Gasteiger partial charge in [0.25, 0.3) is 0 Å². The Balaban J connectivity index is 2.41. The summed E-state index contributed by atoms with van der Waals surface area (Å²) in [7, 11) is 0. The van der Waals surface area contributed by atoms with Crippen LogP contribution in [0.5, 0.6) is 0 Å². The number of imide groups is 1. The van der Waals surface area contributed by atoms with Gasteiger partial charge in [-0.1, -0.05) is 46.0 Å². The van der Waals surface area contributed by atoms with Crippen molar-refractivity contribution in [3.63, 3.8) is 0 Å². The first-order chi connectivity index (χ1) is 8.15. The standard InChI is InChI=1S/C14H25NO2/c1-3-11(2)13(16)15-14(17)12-9-7-5-4-6-8-10-12/h11-12H,3-10H2,1-2H3,(H,15,16,17). The lowest BCUT2D eigenvalue weighted by Crippen LogP contribution is -2.38. The van der Waals surface area contributed by atoms with Crippen LogP contribution in [-0.4, -0.2) is 11.8 Å². The zero-order valence-corrected chi connectivity index (χ0v) is 11.1. The van der Waals surface area contributed by atoms with E-state index in [-0.39, 0.29) is 23.7 Å². The fourth-order valence-corrected chi connectivity index (χ4v) is 2.25. The van der Waals surface area contributed by atoms with Crippen molar-refractivity contribution in [3.05, 3.63) is 0 Å². The van der Waals surface area contributed by atoms with Crippen molar-refractivity contribution in [1.82, 2.24) is 5.32 Å². The van der Waals surface area contributed by atoms with Gasteiger partial charge in [0.1, 0.15) is 0 Å². The summed E-state index contributed by atoms with van der Waals surface area (Å²) in [5, 5.41) is 2.57. The maximum absolute atomic E-state index is 12.0. The highest BCUT2D eigenvalue weighted by molar-refractivity contribution is 5.97. The quantitative estimate of drug-likeness (QED) is 0.822. The van der Waals surface area contributed by atoms with Gasteiger partial charge in [0.15, 0.2) is 0 Å². The molecule has 0 aliphatic heterocycles. The first-order valence-corrected chi connectivity index (χ1v) is 6.99. The van der Waals surface area contributed by atoms with Crippen molar-refractivity contribution >= 4 is 11.8 Å². The van der Waals surface area contributed by atoms with Gasteiger partial charge in [-0.15, -0.1) is 0 Å². The predicted molar refractivity (Wildman–Crippen MR) is 68.4 cm³/mol. The molecule has 1 atom stereocenters. The molecule has 0 aromatic heterocycles. The molecule has 1 unspecified atom stereocenters. The minimum atomic E-state index is -0.112. The van der Waals surface area contributed by atoms with Crippen LogP contribution in [0.4, 0.5) is 0 Å². The minimum absolute atomic E-state index is 0.0443. The highest BCUT2D eigenvalue weighted by atomic mass is 16.2. The second-order valence-corrected chi connectivity index (χ2v) is 5.20. The number of hydrogen-bond donors (Lipinski definition) is 1. The maximum atomic E-state index is 12.0. The zero-order chi connectivity index (χ0) is 12.7. The molecule has 0 heterocycles. The molecular formula is C14H25NO2. The molecule has 0 spiro atoms. The molecule has 3 nitrogen and oxygen atoms in total. The van der Waals surface area contributed by atoms with Gasteiger partial charge in [-0.05, 0) is 19.3 Å². The van der Waals surface area contributed by atoms with E-state index in [1.54, 1.807) is 0 Å². The molecule has 0 aromatic rings. The second kappa shape index (κ2) is 7.46. The topological polar surface area (TPSA) is 46.2 Å². The van der Waals surface area contributed by atoms with Crippen molar-refractivity contribution in [3.8, 4) is 0 Å². The van der Waals surface area contributed by atoms with Crippen LogP contribution in [0, 0.1) is 11.8 Å². The Bertz CT molecular complexity index is 255. The van der Waals surface area contributed by atoms with Gasteiger partial charge >= 0.3 is 0 Å². The van der Waals surface area contributed by atoms with Gasteiger partial charge < -0.3 is 0 Å². The molecule has 1 aliphatic carbocycles. The smallest absolute Gasteiger partial charge is 0.229 e. The Morgan fingerprint density at radius 3 is 2.18 bits per heavy atom. The Morgan fingerprint density at radius 2 is 1.65 bits per heavy atom. The third kappa shape index (κ3) is 4.88. The molecule has 0 bridgehead atoms. The maximum Gasteiger partial charge on any atom is 0.229 e. The Hall–Kier alpha value is -0.860. The van der Waals surface area contributed by atoms with Crippen LogP contribution in [0.25, 0.3) is 0 Å². The van der Waals surface area contributed by atoms with E-state index in [0.717, 1.165) is 32.1 Å². The largest absolute Gasteiger partial charge is 0.296 e. The molecule has 1 aliphatic rings. The summed E-state index contributed by atoms with van der Waals surface area (Å²) in [6, 6.07) is 0. The number of amides is 2. The lowest BCUT2D eigenvalue weighted by atomic mass is 9.90. The lowest BCUT2D eigenvalue weighted by Gasteiger charge is -2.19. The van der Waals surface area contributed by atoms with E-state index >= 15 is 0 Å². The van der Waals surface area contributed by atoms with Crippen molar-refractivity contribution in [1.29, 1.82) is 0 Å². The predicted octanol–water partition coefficient (Wildman–Crippen LogP) is 3.04. The highest BCUT2D eigenvalue weighted by Crippen LogP contribution is 2.22. The van der Waals surface area contributed by atoms with E-state index in [0.29, 0.717) is 0 Å². The molecule has 1 N–H and O–H groups in total. The molecule has 2 amide bonds. The van der Waals surface area contributed by atoms with Gasteiger partial charge in [0, 0.05) is 11.8 Å². The average molecular weight is 239 g/mol. The molecule has 1 saturated carbocycles. The number of nitrogens with one attached hydrogen (secondary N) is 1. The number of hydrogen-bond acceptors (Lipinski definition) is 2. The van der Waals surface area contributed by atoms with Gasteiger partial charge in [0.2, 0.25) is 11.8 Å². The Morgan fingerprint density at radius 1 is 1.12 bits per heavy atom. The molecule has 1 fully saturated rings. The van der Waals surface area contributed by atoms with E-state index in [9.17, 15) is 9.59 Å². The van der Waals surface area contributed by atoms with E-state index in [1.165, 1.54) is 19.3 Å². The molecular weight excluding hydrogens is 214 g/mol. The second-order valence-electron chi connectivity index (χ2n) is 5.20. The van der Waals surface area contributed by atoms with E-state index in [2.05, 4.69) is 5.32 Å². The van der Waals surface area contributed by atoms with E-state index < -0.39 is 0 Å². The lowest BCUT2D eigenvalue weighted by molar-refractivity contribution is -0.135. The third-order valence-corrected chi connectivity index (χ3v) is 3.78. The van der Waals surface area contributed by atoms with Crippen LogP contribution in [0.15, 0.2) is 0 Å². The first-order valence-electron chi connectivity index (χ1n) is 6.99. The number of carbonyl (C=O) groups is 2. The summed E-state index contributed by atoms with van der Waals surface area (Å²) in [5.41, 5.74) is 0. The Labute approximate surface area is 104 Å². The van der Waals surface area contributed by atoms with Crippen LogP contribution in [0.1, 0.15) is 65.2 Å². The van der Waals surface area contributed by atoms with Gasteiger partial charge in [-0.2, -0.15) is 0 Å². The van der Waals surface area contributed by atoms with Crippen LogP contribution in [0.2, 0.25) is 0 Å². The third-order valence-electron chi connectivity index (χ3n) is 3.78. The van der Waals surface area contributed by atoms with Crippen molar-refractivity contribution < 1.29 is 9.59 Å². The van der Waals surface area contributed by atoms with Crippen LogP contribution >= 0.6 is 0 Å². The molecule has 1 rings (SSSR count). The Kier molecular flexibility index (Phi) is 6.23. The van der Waals surface area contributed by atoms with Crippen LogP contribution in [0.3, 0.4) is 0 Å². The summed E-state index contributed by atoms with van der Waals surface area (Å²) < 4.78 is 0. The van der Waals surface area contributed by atoms with Gasteiger partial charge in [-0.25, -0.2) is 0 Å². The van der Waals surface area contributed by atoms with Crippen LogP contribution in [-0.2, 0) is 9.59 Å². The normalized spacial score (nSPS) is 20.1. The summed E-state index contributed by atoms with van der Waals surface area (Å²) in [5.74, 6) is -0.160. The van der Waals surface area contributed by atoms with Crippen LogP contribution < -0.4 is 5.32 Å². The van der Waals surface area contributed by atoms with E-state index in [4.69, 9.17) is 0 Å². The average Bonchev–Trinajstić information content (AvgIpc) is 2.27. The molecule has 0 radical (unpaired) electrons. The molecule has 0 saturated heterocycles. The highest BCUT2D eigenvalue weighted by Gasteiger charge is 2.22. The van der Waals surface area contributed by atoms with E-state index in [1.807, 2.05) is 13.8 Å². The fourth-order valence-electron chi connectivity index (χ4n) is 2.25. The summed E-state index contributed by atoms with van der Waals surface area (Å²) in [6.45, 7) is 3.82. The number of rotatable bonds is 3. The minimum Gasteiger partial charge on any atom is -0.296 e. The van der Waals surface area contributed by atoms with Gasteiger partial charge in [-0.3, -0.25) is 14.9 Å². The van der Waals surface area contributed by atoms with Gasteiger partial charge in [0.05, 0.1) is 0 Å². The molecule has 98 valence electrons. The summed E-state index contributed by atoms with van der Waals surface area (Å²) >= 11 is 0. The fraction of sp³-hybridized carbons (Fsp3) is 0.857. The van der Waals surface area contributed by atoms with Crippen molar-refractivity contribution in [2.45, 2.75) is 65.2 Å². The van der Waals surface area contributed by atoms with Crippen molar-refractivity contribution in [2.24, 2.45) is 11.8 Å². The SMILES string of the molecule is CCC(C)C(=O)NC(=O)C1CCCCCCC1. The summed E-state index contributed by atoms with van der Waals surface area (Å²) in [6.07, 6.45) is 8.65. The zero-order valence-electron chi connectivity index (χ0n) is 11.1. The van der Waals surface area contributed by atoms with Crippen molar-refractivity contribution in [2.75, 3.05) is 0 Å². The number of carbonyl (C=O) groups excluding carboxylic acids is 2. The first kappa shape index (κ1) is 14.2. The molecule has 0 aromatic carbocycles. The summed E-state index contributed by atoms with van der Waals surface area (Å²) in [4.78, 5) is 23.6.